The largest absolute Gasteiger partial charge is 0.416 e. The summed E-state index contributed by atoms with van der Waals surface area (Å²) in [6.07, 6.45) is -4.40. The maximum absolute atomic E-state index is 12.7. The highest BCUT2D eigenvalue weighted by atomic mass is 35.5. The molecule has 1 heterocycles. The van der Waals surface area contributed by atoms with Crippen molar-refractivity contribution >= 4 is 17.4 Å². The second kappa shape index (κ2) is 5.66. The van der Waals surface area contributed by atoms with Crippen molar-refractivity contribution in [3.8, 4) is 11.4 Å². The average Bonchev–Trinajstić information content (AvgIpc) is 2.37. The van der Waals surface area contributed by atoms with Gasteiger partial charge in [-0.1, -0.05) is 23.7 Å². The summed E-state index contributed by atoms with van der Waals surface area (Å²) in [6.45, 7) is 2.50. The van der Waals surface area contributed by atoms with Crippen LogP contribution in [0.1, 0.15) is 12.5 Å². The van der Waals surface area contributed by atoms with Gasteiger partial charge in [-0.3, -0.25) is 0 Å². The molecular weight excluding hydrogens is 291 g/mol. The highest BCUT2D eigenvalue weighted by Gasteiger charge is 2.30. The lowest BCUT2D eigenvalue weighted by Crippen LogP contribution is -2.05. The molecule has 0 unspecified atom stereocenters. The Labute approximate surface area is 118 Å². The third-order valence-electron chi connectivity index (χ3n) is 2.50. The van der Waals surface area contributed by atoms with Gasteiger partial charge in [-0.2, -0.15) is 13.2 Å². The van der Waals surface area contributed by atoms with Crippen molar-refractivity contribution in [3.05, 3.63) is 41.0 Å². The summed E-state index contributed by atoms with van der Waals surface area (Å²) in [4.78, 5) is 8.10. The Kier molecular flexibility index (Phi) is 4.13. The van der Waals surface area contributed by atoms with E-state index >= 15 is 0 Å². The molecule has 7 heteroatoms. The fourth-order valence-electron chi connectivity index (χ4n) is 1.65. The number of halogens is 4. The van der Waals surface area contributed by atoms with Crippen molar-refractivity contribution in [3.63, 3.8) is 0 Å². The lowest BCUT2D eigenvalue weighted by Gasteiger charge is -2.09. The maximum atomic E-state index is 12.7. The third kappa shape index (κ3) is 3.39. The monoisotopic (exact) mass is 301 g/mol. The molecule has 0 saturated carbocycles. The number of benzene rings is 1. The van der Waals surface area contributed by atoms with Crippen LogP contribution in [0.15, 0.2) is 30.3 Å². The first-order chi connectivity index (χ1) is 9.40. The van der Waals surface area contributed by atoms with Crippen molar-refractivity contribution in [2.45, 2.75) is 13.1 Å². The Morgan fingerprint density at radius 3 is 2.60 bits per heavy atom. The fraction of sp³-hybridized carbons (Fsp3) is 0.231. The van der Waals surface area contributed by atoms with Crippen molar-refractivity contribution in [1.82, 2.24) is 9.97 Å². The van der Waals surface area contributed by atoms with Crippen LogP contribution in [0, 0.1) is 0 Å². The molecule has 0 aliphatic rings. The third-order valence-corrected chi connectivity index (χ3v) is 2.69. The van der Waals surface area contributed by atoms with Gasteiger partial charge in [-0.15, -0.1) is 0 Å². The van der Waals surface area contributed by atoms with Gasteiger partial charge in [0, 0.05) is 18.2 Å². The van der Waals surface area contributed by atoms with Gasteiger partial charge in [-0.05, 0) is 19.1 Å². The van der Waals surface area contributed by atoms with Gasteiger partial charge in [0.2, 0.25) is 0 Å². The van der Waals surface area contributed by atoms with Gasteiger partial charge in [0.1, 0.15) is 11.0 Å². The summed E-state index contributed by atoms with van der Waals surface area (Å²) in [6, 6.07) is 6.34. The molecular formula is C13H11ClF3N3. The summed E-state index contributed by atoms with van der Waals surface area (Å²) in [7, 11) is 0. The van der Waals surface area contributed by atoms with E-state index in [1.165, 1.54) is 18.2 Å². The molecule has 0 spiro atoms. The van der Waals surface area contributed by atoms with Crippen LogP contribution in [-0.2, 0) is 6.18 Å². The maximum Gasteiger partial charge on any atom is 0.416 e. The van der Waals surface area contributed by atoms with Crippen LogP contribution in [-0.4, -0.2) is 16.5 Å². The zero-order chi connectivity index (χ0) is 14.8. The van der Waals surface area contributed by atoms with Crippen LogP contribution >= 0.6 is 11.6 Å². The summed E-state index contributed by atoms with van der Waals surface area (Å²) in [5.41, 5.74) is -0.481. The summed E-state index contributed by atoms with van der Waals surface area (Å²) < 4.78 is 38.1. The second-order valence-corrected chi connectivity index (χ2v) is 4.40. The highest BCUT2D eigenvalue weighted by molar-refractivity contribution is 6.29. The minimum atomic E-state index is -4.40. The van der Waals surface area contributed by atoms with Gasteiger partial charge in [0.15, 0.2) is 5.82 Å². The molecule has 0 bridgehead atoms. The van der Waals surface area contributed by atoms with Crippen molar-refractivity contribution < 1.29 is 13.2 Å². The molecule has 0 amide bonds. The van der Waals surface area contributed by atoms with E-state index in [0.29, 0.717) is 12.4 Å². The molecule has 3 nitrogen and oxygen atoms in total. The summed E-state index contributed by atoms with van der Waals surface area (Å²) in [5.74, 6) is 0.625. The lowest BCUT2D eigenvalue weighted by molar-refractivity contribution is -0.137. The molecule has 1 aromatic carbocycles. The Morgan fingerprint density at radius 1 is 1.20 bits per heavy atom. The first-order valence-corrected chi connectivity index (χ1v) is 6.24. The number of aromatic nitrogens is 2. The average molecular weight is 302 g/mol. The summed E-state index contributed by atoms with van der Waals surface area (Å²) >= 11 is 5.85. The molecule has 0 saturated heterocycles. The predicted octanol–water partition coefficient (Wildman–Crippen LogP) is 4.25. The van der Waals surface area contributed by atoms with Gasteiger partial charge >= 0.3 is 6.18 Å². The Bertz CT molecular complexity index is 614. The van der Waals surface area contributed by atoms with Gasteiger partial charge in [0.05, 0.1) is 5.56 Å². The number of rotatable bonds is 3. The van der Waals surface area contributed by atoms with Crippen LogP contribution in [0.25, 0.3) is 11.4 Å². The first kappa shape index (κ1) is 14.6. The zero-order valence-electron chi connectivity index (χ0n) is 10.5. The van der Waals surface area contributed by atoms with E-state index in [1.54, 1.807) is 0 Å². The van der Waals surface area contributed by atoms with E-state index in [4.69, 9.17) is 11.6 Å². The summed E-state index contributed by atoms with van der Waals surface area (Å²) in [5, 5.41) is 3.12. The van der Waals surface area contributed by atoms with Crippen LogP contribution in [0.3, 0.4) is 0 Å². The molecule has 2 aromatic rings. The normalized spacial score (nSPS) is 11.4. The number of alkyl halides is 3. The molecule has 1 aromatic heterocycles. The van der Waals surface area contributed by atoms with Crippen LogP contribution in [0.4, 0.5) is 19.0 Å². The molecule has 0 aliphatic heterocycles. The molecule has 20 heavy (non-hydrogen) atoms. The van der Waals surface area contributed by atoms with Crippen molar-refractivity contribution in [1.29, 1.82) is 0 Å². The molecule has 106 valence electrons. The predicted molar refractivity (Wildman–Crippen MR) is 71.6 cm³/mol. The van der Waals surface area contributed by atoms with E-state index in [1.807, 2.05) is 6.92 Å². The van der Waals surface area contributed by atoms with Gasteiger partial charge in [-0.25, -0.2) is 9.97 Å². The molecule has 2 rings (SSSR count). The smallest absolute Gasteiger partial charge is 0.370 e. The van der Waals surface area contributed by atoms with Crippen LogP contribution in [0.5, 0.6) is 0 Å². The van der Waals surface area contributed by atoms with E-state index < -0.39 is 11.7 Å². The van der Waals surface area contributed by atoms with Crippen LogP contribution in [0.2, 0.25) is 5.15 Å². The lowest BCUT2D eigenvalue weighted by atomic mass is 10.1. The first-order valence-electron chi connectivity index (χ1n) is 5.86. The van der Waals surface area contributed by atoms with Gasteiger partial charge < -0.3 is 5.32 Å². The second-order valence-electron chi connectivity index (χ2n) is 4.01. The van der Waals surface area contributed by atoms with E-state index in [-0.39, 0.29) is 16.5 Å². The number of anilines is 1. The SMILES string of the molecule is CCNc1cc(Cl)nc(-c2cccc(C(F)(F)F)c2)n1. The van der Waals surface area contributed by atoms with Gasteiger partial charge in [0.25, 0.3) is 0 Å². The Hall–Kier alpha value is -1.82. The minimum absolute atomic E-state index is 0.152. The number of hydrogen-bond acceptors (Lipinski definition) is 3. The molecule has 0 aliphatic carbocycles. The van der Waals surface area contributed by atoms with E-state index in [0.717, 1.165) is 12.1 Å². The zero-order valence-corrected chi connectivity index (χ0v) is 11.3. The molecule has 0 atom stereocenters. The number of hydrogen-bond donors (Lipinski definition) is 1. The highest BCUT2D eigenvalue weighted by Crippen LogP contribution is 2.31. The number of nitrogens with zero attached hydrogens (tertiary/aromatic N) is 2. The van der Waals surface area contributed by atoms with Crippen LogP contribution < -0.4 is 5.32 Å². The molecule has 0 radical (unpaired) electrons. The number of nitrogens with one attached hydrogen (secondary N) is 1. The molecule has 0 fully saturated rings. The Morgan fingerprint density at radius 2 is 1.95 bits per heavy atom. The van der Waals surface area contributed by atoms with E-state index in [9.17, 15) is 13.2 Å². The van der Waals surface area contributed by atoms with Crippen molar-refractivity contribution in [2.75, 3.05) is 11.9 Å². The quantitative estimate of drug-likeness (QED) is 0.861. The fourth-order valence-corrected chi connectivity index (χ4v) is 1.84. The standard InChI is InChI=1S/C13H11ClF3N3/c1-2-18-11-7-10(14)19-12(20-11)8-4-3-5-9(6-8)13(15,16)17/h3-7H,2H2,1H3,(H,18,19,20). The minimum Gasteiger partial charge on any atom is -0.370 e. The topological polar surface area (TPSA) is 37.8 Å². The van der Waals surface area contributed by atoms with E-state index in [2.05, 4.69) is 15.3 Å². The molecule has 1 N–H and O–H groups in total. The Balaban J connectivity index is 2.46. The van der Waals surface area contributed by atoms with Crippen molar-refractivity contribution in [2.24, 2.45) is 0 Å².